The van der Waals surface area contributed by atoms with Gasteiger partial charge in [-0.25, -0.2) is 0 Å². The SMILES string of the molecule is Cc1c(C#N)c(NC(=O)CSc2nnc3n2CCCCC3)n(C2CCCCC2)c1C. The molecule has 1 amide bonds. The van der Waals surface area contributed by atoms with Gasteiger partial charge < -0.3 is 14.5 Å². The number of fused-ring (bicyclic) bond motifs is 1. The van der Waals surface area contributed by atoms with Gasteiger partial charge in [0.1, 0.15) is 17.7 Å². The fourth-order valence-electron chi connectivity index (χ4n) is 4.75. The Labute approximate surface area is 182 Å². The van der Waals surface area contributed by atoms with Crippen LogP contribution < -0.4 is 5.32 Å². The molecule has 2 aromatic heterocycles. The number of amides is 1. The topological polar surface area (TPSA) is 88.5 Å². The van der Waals surface area contributed by atoms with E-state index >= 15 is 0 Å². The highest BCUT2D eigenvalue weighted by Gasteiger charge is 2.26. The van der Waals surface area contributed by atoms with Crippen molar-refractivity contribution in [1.29, 1.82) is 5.26 Å². The van der Waals surface area contributed by atoms with Crippen LogP contribution >= 0.6 is 11.8 Å². The maximum Gasteiger partial charge on any atom is 0.235 e. The van der Waals surface area contributed by atoms with Crippen LogP contribution in [0.2, 0.25) is 0 Å². The zero-order valence-corrected chi connectivity index (χ0v) is 18.7. The van der Waals surface area contributed by atoms with Gasteiger partial charge in [-0.05, 0) is 45.1 Å². The molecule has 1 saturated carbocycles. The van der Waals surface area contributed by atoms with E-state index in [-0.39, 0.29) is 11.7 Å². The van der Waals surface area contributed by atoms with Gasteiger partial charge in [-0.2, -0.15) is 5.26 Å². The molecule has 4 rings (SSSR count). The lowest BCUT2D eigenvalue weighted by Crippen LogP contribution is -2.22. The monoisotopic (exact) mass is 426 g/mol. The summed E-state index contributed by atoms with van der Waals surface area (Å²) in [4.78, 5) is 12.9. The normalized spacial score (nSPS) is 17.2. The van der Waals surface area contributed by atoms with Gasteiger partial charge >= 0.3 is 0 Å². The number of carbonyl (C=O) groups is 1. The summed E-state index contributed by atoms with van der Waals surface area (Å²) in [5.74, 6) is 1.86. The van der Waals surface area contributed by atoms with Crippen LogP contribution in [0.15, 0.2) is 5.16 Å². The molecule has 3 heterocycles. The Morgan fingerprint density at radius 1 is 1.17 bits per heavy atom. The third-order valence-electron chi connectivity index (χ3n) is 6.47. The smallest absolute Gasteiger partial charge is 0.235 e. The number of hydrogen-bond acceptors (Lipinski definition) is 5. The van der Waals surface area contributed by atoms with Gasteiger partial charge in [0.25, 0.3) is 0 Å². The Morgan fingerprint density at radius 3 is 2.70 bits per heavy atom. The minimum atomic E-state index is -0.1000. The lowest BCUT2D eigenvalue weighted by Gasteiger charge is -2.27. The summed E-state index contributed by atoms with van der Waals surface area (Å²) in [6.07, 6.45) is 10.3. The number of nitrogens with zero attached hydrogens (tertiary/aromatic N) is 5. The lowest BCUT2D eigenvalue weighted by atomic mass is 9.95. The molecule has 160 valence electrons. The lowest BCUT2D eigenvalue weighted by molar-refractivity contribution is -0.113. The van der Waals surface area contributed by atoms with E-state index in [4.69, 9.17) is 0 Å². The summed E-state index contributed by atoms with van der Waals surface area (Å²) >= 11 is 1.43. The summed E-state index contributed by atoms with van der Waals surface area (Å²) in [5, 5.41) is 22.2. The summed E-state index contributed by atoms with van der Waals surface area (Å²) in [5.41, 5.74) is 2.64. The molecule has 8 heteroatoms. The van der Waals surface area contributed by atoms with Crippen molar-refractivity contribution >= 4 is 23.5 Å². The van der Waals surface area contributed by atoms with Gasteiger partial charge in [-0.1, -0.05) is 37.4 Å². The fourth-order valence-corrected chi connectivity index (χ4v) is 5.53. The van der Waals surface area contributed by atoms with Crippen molar-refractivity contribution in [2.75, 3.05) is 11.1 Å². The van der Waals surface area contributed by atoms with Crippen molar-refractivity contribution in [3.8, 4) is 6.07 Å². The van der Waals surface area contributed by atoms with E-state index < -0.39 is 0 Å². The standard InChI is InChI=1S/C22H30N6OS/c1-15-16(2)28(17-9-5-3-6-10-17)21(18(15)13-23)24-20(29)14-30-22-26-25-19-11-7-4-8-12-27(19)22/h17H,3-12,14H2,1-2H3,(H,24,29). The predicted molar refractivity (Wildman–Crippen MR) is 118 cm³/mol. The van der Waals surface area contributed by atoms with Crippen LogP contribution in [0.4, 0.5) is 5.82 Å². The molecule has 1 aliphatic heterocycles. The highest BCUT2D eigenvalue weighted by atomic mass is 32.2. The van der Waals surface area contributed by atoms with Crippen LogP contribution in [0.1, 0.15) is 80.1 Å². The average molecular weight is 427 g/mol. The molecule has 2 aliphatic rings. The molecule has 1 fully saturated rings. The van der Waals surface area contributed by atoms with Crippen molar-refractivity contribution < 1.29 is 4.79 Å². The number of hydrogen-bond donors (Lipinski definition) is 1. The van der Waals surface area contributed by atoms with Gasteiger partial charge in [-0.3, -0.25) is 4.79 Å². The van der Waals surface area contributed by atoms with Crippen molar-refractivity contribution in [3.63, 3.8) is 0 Å². The summed E-state index contributed by atoms with van der Waals surface area (Å²) < 4.78 is 4.36. The first-order valence-corrected chi connectivity index (χ1v) is 12.0. The molecule has 0 radical (unpaired) electrons. The minimum Gasteiger partial charge on any atom is -0.327 e. The molecule has 7 nitrogen and oxygen atoms in total. The second kappa shape index (κ2) is 9.25. The van der Waals surface area contributed by atoms with E-state index in [1.807, 2.05) is 6.92 Å². The molecule has 0 atom stereocenters. The second-order valence-electron chi connectivity index (χ2n) is 8.41. The van der Waals surface area contributed by atoms with Crippen LogP contribution in [0.5, 0.6) is 0 Å². The summed E-state index contributed by atoms with van der Waals surface area (Å²) in [6, 6.07) is 2.67. The molecule has 0 saturated heterocycles. The van der Waals surface area contributed by atoms with E-state index in [0.29, 0.717) is 17.4 Å². The number of carbonyl (C=O) groups excluding carboxylic acids is 1. The third-order valence-corrected chi connectivity index (χ3v) is 7.44. The third kappa shape index (κ3) is 4.13. The first kappa shape index (κ1) is 21.0. The van der Waals surface area contributed by atoms with Crippen LogP contribution in [-0.2, 0) is 17.8 Å². The zero-order valence-electron chi connectivity index (χ0n) is 17.9. The van der Waals surface area contributed by atoms with Gasteiger partial charge in [0, 0.05) is 24.7 Å². The maximum atomic E-state index is 12.9. The van der Waals surface area contributed by atoms with Gasteiger partial charge in [0.15, 0.2) is 5.16 Å². The molecule has 0 bridgehead atoms. The molecular formula is C22H30N6OS. The van der Waals surface area contributed by atoms with Crippen molar-refractivity contribution in [2.45, 2.75) is 89.4 Å². The van der Waals surface area contributed by atoms with E-state index in [0.717, 1.165) is 60.9 Å². The predicted octanol–water partition coefficient (Wildman–Crippen LogP) is 4.53. The quantitative estimate of drug-likeness (QED) is 0.710. The average Bonchev–Trinajstić information content (AvgIpc) is 3.13. The largest absolute Gasteiger partial charge is 0.327 e. The Hall–Kier alpha value is -2.27. The first-order valence-electron chi connectivity index (χ1n) is 11.1. The number of aromatic nitrogens is 4. The Kier molecular flexibility index (Phi) is 6.47. The second-order valence-corrected chi connectivity index (χ2v) is 9.35. The van der Waals surface area contributed by atoms with E-state index in [1.54, 1.807) is 0 Å². The van der Waals surface area contributed by atoms with Crippen LogP contribution in [-0.4, -0.2) is 31.0 Å². The highest BCUT2D eigenvalue weighted by molar-refractivity contribution is 7.99. The molecule has 0 unspecified atom stereocenters. The molecule has 1 N–H and O–H groups in total. The molecule has 2 aromatic rings. The Bertz CT molecular complexity index is 963. The number of aryl methyl sites for hydroxylation is 1. The van der Waals surface area contributed by atoms with E-state index in [1.165, 1.54) is 37.4 Å². The van der Waals surface area contributed by atoms with E-state index in [2.05, 4.69) is 37.6 Å². The maximum absolute atomic E-state index is 12.9. The first-order chi connectivity index (χ1) is 14.6. The summed E-state index contributed by atoms with van der Waals surface area (Å²) in [7, 11) is 0. The zero-order chi connectivity index (χ0) is 21.1. The van der Waals surface area contributed by atoms with Crippen LogP contribution in [0.25, 0.3) is 0 Å². The van der Waals surface area contributed by atoms with Crippen molar-refractivity contribution in [3.05, 3.63) is 22.6 Å². The van der Waals surface area contributed by atoms with Crippen LogP contribution in [0.3, 0.4) is 0 Å². The Morgan fingerprint density at radius 2 is 1.93 bits per heavy atom. The number of anilines is 1. The van der Waals surface area contributed by atoms with Gasteiger partial charge in [0.2, 0.25) is 5.91 Å². The summed E-state index contributed by atoms with van der Waals surface area (Å²) in [6.45, 7) is 4.96. The number of nitriles is 1. The number of nitrogens with one attached hydrogen (secondary N) is 1. The molecule has 0 spiro atoms. The molecule has 1 aliphatic carbocycles. The van der Waals surface area contributed by atoms with Crippen molar-refractivity contribution in [1.82, 2.24) is 19.3 Å². The minimum absolute atomic E-state index is 0.1000. The molecule has 30 heavy (non-hydrogen) atoms. The van der Waals surface area contributed by atoms with Gasteiger partial charge in [0.05, 0.1) is 11.3 Å². The molecule has 0 aromatic carbocycles. The van der Waals surface area contributed by atoms with Crippen LogP contribution in [0, 0.1) is 25.2 Å². The van der Waals surface area contributed by atoms with E-state index in [9.17, 15) is 10.1 Å². The van der Waals surface area contributed by atoms with Gasteiger partial charge in [-0.15, -0.1) is 10.2 Å². The number of thioether (sulfide) groups is 1. The van der Waals surface area contributed by atoms with Crippen molar-refractivity contribution in [2.24, 2.45) is 0 Å². The Balaban J connectivity index is 1.50. The molecular weight excluding hydrogens is 396 g/mol. The fraction of sp³-hybridized carbons (Fsp3) is 0.636. The highest BCUT2D eigenvalue weighted by Crippen LogP contribution is 2.37. The number of rotatable bonds is 5.